The van der Waals surface area contributed by atoms with E-state index < -0.39 is 0 Å². The van der Waals surface area contributed by atoms with E-state index in [1.807, 2.05) is 18.2 Å². The summed E-state index contributed by atoms with van der Waals surface area (Å²) in [5, 5.41) is 0. The zero-order valence-electron chi connectivity index (χ0n) is 12.1. The molecule has 2 aromatic rings. The van der Waals surface area contributed by atoms with Crippen molar-refractivity contribution in [2.24, 2.45) is 0 Å². The van der Waals surface area contributed by atoms with Crippen LogP contribution in [-0.4, -0.2) is 23.0 Å². The SMILES string of the molecule is CN(Cc1nc2c(N)cccc2o1)C1CCCCCC1. The molecule has 1 saturated carbocycles. The van der Waals surface area contributed by atoms with E-state index >= 15 is 0 Å². The van der Waals surface area contributed by atoms with E-state index in [1.54, 1.807) is 0 Å². The van der Waals surface area contributed by atoms with Crippen molar-refractivity contribution in [2.45, 2.75) is 51.1 Å². The van der Waals surface area contributed by atoms with Gasteiger partial charge in [-0.15, -0.1) is 0 Å². The molecular weight excluding hydrogens is 250 g/mol. The Hall–Kier alpha value is -1.55. The number of oxazole rings is 1. The van der Waals surface area contributed by atoms with Gasteiger partial charge < -0.3 is 10.2 Å². The first-order valence-electron chi connectivity index (χ1n) is 7.58. The lowest BCUT2D eigenvalue weighted by Gasteiger charge is -2.25. The molecule has 1 aromatic carbocycles. The first-order valence-corrected chi connectivity index (χ1v) is 7.58. The second kappa shape index (κ2) is 5.83. The van der Waals surface area contributed by atoms with Crippen LogP contribution in [0.3, 0.4) is 0 Å². The summed E-state index contributed by atoms with van der Waals surface area (Å²) in [5.74, 6) is 0.768. The maximum atomic E-state index is 5.93. The molecule has 1 aliphatic carbocycles. The molecule has 1 heterocycles. The third-order valence-corrected chi connectivity index (χ3v) is 4.33. The minimum Gasteiger partial charge on any atom is -0.439 e. The number of nitrogens with zero attached hydrogens (tertiary/aromatic N) is 2. The Morgan fingerprint density at radius 3 is 2.70 bits per heavy atom. The van der Waals surface area contributed by atoms with Crippen molar-refractivity contribution in [3.8, 4) is 0 Å². The highest BCUT2D eigenvalue weighted by atomic mass is 16.3. The zero-order valence-corrected chi connectivity index (χ0v) is 12.1. The molecule has 0 radical (unpaired) electrons. The summed E-state index contributed by atoms with van der Waals surface area (Å²) in [6.45, 7) is 0.763. The van der Waals surface area contributed by atoms with Crippen LogP contribution in [0.4, 0.5) is 5.69 Å². The smallest absolute Gasteiger partial charge is 0.209 e. The first kappa shape index (κ1) is 13.4. The number of aromatic nitrogens is 1. The molecule has 1 fully saturated rings. The fourth-order valence-corrected chi connectivity index (χ4v) is 3.12. The van der Waals surface area contributed by atoms with Crippen molar-refractivity contribution in [3.63, 3.8) is 0 Å². The molecule has 1 aliphatic rings. The molecule has 20 heavy (non-hydrogen) atoms. The number of anilines is 1. The van der Waals surface area contributed by atoms with Gasteiger partial charge in [0.05, 0.1) is 12.2 Å². The largest absolute Gasteiger partial charge is 0.439 e. The van der Waals surface area contributed by atoms with Crippen LogP contribution in [0.25, 0.3) is 11.1 Å². The van der Waals surface area contributed by atoms with Crippen molar-refractivity contribution >= 4 is 16.8 Å². The number of hydrogen-bond donors (Lipinski definition) is 1. The highest BCUT2D eigenvalue weighted by molar-refractivity contribution is 5.85. The lowest BCUT2D eigenvalue weighted by atomic mass is 10.1. The van der Waals surface area contributed by atoms with Gasteiger partial charge in [-0.05, 0) is 32.0 Å². The Bertz CT molecular complexity index is 570. The maximum Gasteiger partial charge on any atom is 0.209 e. The molecule has 4 nitrogen and oxygen atoms in total. The van der Waals surface area contributed by atoms with Crippen LogP contribution in [0.1, 0.15) is 44.4 Å². The van der Waals surface area contributed by atoms with Crippen LogP contribution >= 0.6 is 0 Å². The molecule has 0 bridgehead atoms. The minimum absolute atomic E-state index is 0.657. The van der Waals surface area contributed by atoms with E-state index in [1.165, 1.54) is 38.5 Å². The maximum absolute atomic E-state index is 5.93. The van der Waals surface area contributed by atoms with Crippen LogP contribution in [0.2, 0.25) is 0 Å². The average molecular weight is 273 g/mol. The Kier molecular flexibility index (Phi) is 3.92. The van der Waals surface area contributed by atoms with E-state index in [2.05, 4.69) is 16.9 Å². The van der Waals surface area contributed by atoms with Crippen molar-refractivity contribution < 1.29 is 4.42 Å². The van der Waals surface area contributed by atoms with Gasteiger partial charge in [-0.25, -0.2) is 4.98 Å². The van der Waals surface area contributed by atoms with Crippen LogP contribution < -0.4 is 5.73 Å². The Morgan fingerprint density at radius 1 is 1.25 bits per heavy atom. The second-order valence-corrected chi connectivity index (χ2v) is 5.86. The predicted molar refractivity (Wildman–Crippen MR) is 81.4 cm³/mol. The molecule has 0 amide bonds. The molecule has 0 aliphatic heterocycles. The third kappa shape index (κ3) is 2.80. The topological polar surface area (TPSA) is 55.3 Å². The standard InChI is InChI=1S/C16H23N3O/c1-19(12-7-4-2-3-5-8-12)11-15-18-16-13(17)9-6-10-14(16)20-15/h6,9-10,12H,2-5,7-8,11,17H2,1H3. The number of nitrogen functional groups attached to an aromatic ring is 1. The van der Waals surface area contributed by atoms with Gasteiger partial charge in [-0.3, -0.25) is 4.90 Å². The normalized spacial score (nSPS) is 17.7. The summed E-state index contributed by atoms with van der Waals surface area (Å²) in [5.41, 5.74) is 8.19. The molecule has 2 N–H and O–H groups in total. The molecular formula is C16H23N3O. The number of nitrogens with two attached hydrogens (primary N) is 1. The predicted octanol–water partition coefficient (Wildman–Crippen LogP) is 3.56. The van der Waals surface area contributed by atoms with E-state index in [0.29, 0.717) is 11.7 Å². The van der Waals surface area contributed by atoms with Gasteiger partial charge in [-0.1, -0.05) is 31.7 Å². The summed E-state index contributed by atoms with van der Waals surface area (Å²) in [6.07, 6.45) is 8.02. The summed E-state index contributed by atoms with van der Waals surface area (Å²) in [7, 11) is 2.17. The number of hydrogen-bond acceptors (Lipinski definition) is 4. The minimum atomic E-state index is 0.657. The number of para-hydroxylation sites is 1. The highest BCUT2D eigenvalue weighted by Crippen LogP contribution is 2.25. The Balaban J connectivity index is 1.73. The van der Waals surface area contributed by atoms with Gasteiger partial charge >= 0.3 is 0 Å². The van der Waals surface area contributed by atoms with E-state index in [0.717, 1.165) is 23.5 Å². The van der Waals surface area contributed by atoms with Crippen LogP contribution in [0.15, 0.2) is 22.6 Å². The van der Waals surface area contributed by atoms with Crippen molar-refractivity contribution in [1.29, 1.82) is 0 Å². The van der Waals surface area contributed by atoms with Crippen LogP contribution in [0, 0.1) is 0 Å². The van der Waals surface area contributed by atoms with Crippen molar-refractivity contribution in [3.05, 3.63) is 24.1 Å². The van der Waals surface area contributed by atoms with Crippen LogP contribution in [-0.2, 0) is 6.54 Å². The van der Waals surface area contributed by atoms with E-state index in [4.69, 9.17) is 10.2 Å². The molecule has 1 aromatic heterocycles. The van der Waals surface area contributed by atoms with E-state index in [-0.39, 0.29) is 0 Å². The number of fused-ring (bicyclic) bond motifs is 1. The van der Waals surface area contributed by atoms with Gasteiger partial charge in [0, 0.05) is 6.04 Å². The average Bonchev–Trinajstić information content (AvgIpc) is 2.67. The fourth-order valence-electron chi connectivity index (χ4n) is 3.12. The van der Waals surface area contributed by atoms with Gasteiger partial charge in [-0.2, -0.15) is 0 Å². The van der Waals surface area contributed by atoms with Gasteiger partial charge in [0.15, 0.2) is 5.58 Å². The van der Waals surface area contributed by atoms with E-state index in [9.17, 15) is 0 Å². The molecule has 0 unspecified atom stereocenters. The summed E-state index contributed by atoms with van der Waals surface area (Å²) >= 11 is 0. The Morgan fingerprint density at radius 2 is 2.00 bits per heavy atom. The summed E-state index contributed by atoms with van der Waals surface area (Å²) in [4.78, 5) is 6.92. The van der Waals surface area contributed by atoms with Crippen molar-refractivity contribution in [1.82, 2.24) is 9.88 Å². The summed E-state index contributed by atoms with van der Waals surface area (Å²) < 4.78 is 5.81. The molecule has 0 saturated heterocycles. The third-order valence-electron chi connectivity index (χ3n) is 4.33. The highest BCUT2D eigenvalue weighted by Gasteiger charge is 2.19. The lowest BCUT2D eigenvalue weighted by Crippen LogP contribution is -2.30. The molecule has 0 atom stereocenters. The number of rotatable bonds is 3. The monoisotopic (exact) mass is 273 g/mol. The van der Waals surface area contributed by atoms with Crippen molar-refractivity contribution in [2.75, 3.05) is 12.8 Å². The molecule has 108 valence electrons. The molecule has 3 rings (SSSR count). The van der Waals surface area contributed by atoms with Crippen LogP contribution in [0.5, 0.6) is 0 Å². The Labute approximate surface area is 120 Å². The quantitative estimate of drug-likeness (QED) is 0.686. The molecule has 4 heteroatoms. The lowest BCUT2D eigenvalue weighted by molar-refractivity contribution is 0.196. The fraction of sp³-hybridized carbons (Fsp3) is 0.562. The van der Waals surface area contributed by atoms with Gasteiger partial charge in [0.25, 0.3) is 0 Å². The van der Waals surface area contributed by atoms with Gasteiger partial charge in [0.1, 0.15) is 5.52 Å². The second-order valence-electron chi connectivity index (χ2n) is 5.86. The molecule has 0 spiro atoms. The number of benzene rings is 1. The zero-order chi connectivity index (χ0) is 13.9. The first-order chi connectivity index (χ1) is 9.74. The van der Waals surface area contributed by atoms with Gasteiger partial charge in [0.2, 0.25) is 5.89 Å². The summed E-state index contributed by atoms with van der Waals surface area (Å²) in [6, 6.07) is 6.35.